The number of nitrogens with zero attached hydrogens (tertiary/aromatic N) is 2. The summed E-state index contributed by atoms with van der Waals surface area (Å²) in [5.74, 6) is 0. The van der Waals surface area contributed by atoms with E-state index in [-0.39, 0.29) is 6.71 Å². The average molecular weight is 861 g/mol. The maximum absolute atomic E-state index is 2.63. The molecule has 2 aliphatic heterocycles. The standard InChI is InChI=1S/C54H61BN2Si4/c1-58(2,3)44-25-21-42(22-26-44)56-50-36-46(60(7,8)9)29-31-48(50)55-49-32-30-47(61(10,11)12)37-51(49)57(43-23-27-45(28-24-43)59(4,5)6)53-35-41(34-52(56)54(53)55)40-20-16-19-39(33-40)38-17-14-13-15-18-38/h13-37H,1-12H3. The van der Waals surface area contributed by atoms with Gasteiger partial charge in [-0.1, -0.05) is 196 Å². The lowest BCUT2D eigenvalue weighted by Gasteiger charge is -2.45. The number of hydrogen-bond acceptors (Lipinski definition) is 2. The predicted molar refractivity (Wildman–Crippen MR) is 283 cm³/mol. The van der Waals surface area contributed by atoms with Crippen LogP contribution in [0.25, 0.3) is 22.3 Å². The van der Waals surface area contributed by atoms with Gasteiger partial charge in [0, 0.05) is 34.1 Å². The number of fused-ring (bicyclic) bond motifs is 4. The molecule has 7 aromatic rings. The van der Waals surface area contributed by atoms with Gasteiger partial charge in [0.1, 0.15) is 0 Å². The monoisotopic (exact) mass is 860 g/mol. The van der Waals surface area contributed by atoms with Gasteiger partial charge in [-0.2, -0.15) is 0 Å². The van der Waals surface area contributed by atoms with Gasteiger partial charge >= 0.3 is 0 Å². The summed E-state index contributed by atoms with van der Waals surface area (Å²) in [4.78, 5) is 5.25. The lowest BCUT2D eigenvalue weighted by Crippen LogP contribution is -2.62. The van der Waals surface area contributed by atoms with E-state index >= 15 is 0 Å². The molecule has 2 aliphatic rings. The van der Waals surface area contributed by atoms with Gasteiger partial charge in [0.25, 0.3) is 6.71 Å². The first-order valence-corrected chi connectivity index (χ1v) is 36.2. The van der Waals surface area contributed by atoms with E-state index < -0.39 is 32.3 Å². The number of hydrogen-bond donors (Lipinski definition) is 0. The third-order valence-corrected chi connectivity index (χ3v) is 21.3. The van der Waals surface area contributed by atoms with Gasteiger partial charge in [0.2, 0.25) is 0 Å². The molecule has 306 valence electrons. The van der Waals surface area contributed by atoms with Crippen LogP contribution in [-0.2, 0) is 0 Å². The third kappa shape index (κ3) is 7.58. The Kier molecular flexibility index (Phi) is 10.1. The third-order valence-electron chi connectivity index (χ3n) is 13.1. The summed E-state index contributed by atoms with van der Waals surface area (Å²) in [5, 5.41) is 5.94. The first kappa shape index (κ1) is 41.4. The molecule has 7 heteroatoms. The van der Waals surface area contributed by atoms with Crippen LogP contribution in [0, 0.1) is 0 Å². The highest BCUT2D eigenvalue weighted by molar-refractivity contribution is 7.01. The minimum atomic E-state index is -1.68. The Morgan fingerprint density at radius 2 is 0.689 bits per heavy atom. The molecular formula is C54H61BN2Si4. The number of anilines is 6. The number of rotatable bonds is 8. The van der Waals surface area contributed by atoms with Crippen LogP contribution in [0.3, 0.4) is 0 Å². The van der Waals surface area contributed by atoms with Crippen LogP contribution >= 0.6 is 0 Å². The molecule has 0 aliphatic carbocycles. The number of benzene rings is 7. The largest absolute Gasteiger partial charge is 0.311 e. The molecule has 0 saturated carbocycles. The van der Waals surface area contributed by atoms with Crippen LogP contribution in [-0.4, -0.2) is 39.0 Å². The Morgan fingerprint density at radius 3 is 1.10 bits per heavy atom. The zero-order chi connectivity index (χ0) is 43.2. The molecule has 0 atom stereocenters. The van der Waals surface area contributed by atoms with E-state index in [2.05, 4.69) is 240 Å². The van der Waals surface area contributed by atoms with Crippen molar-refractivity contribution in [3.05, 3.63) is 152 Å². The van der Waals surface area contributed by atoms with Gasteiger partial charge < -0.3 is 9.80 Å². The Labute approximate surface area is 370 Å². The van der Waals surface area contributed by atoms with Crippen LogP contribution in [0.2, 0.25) is 78.6 Å². The van der Waals surface area contributed by atoms with E-state index in [1.54, 1.807) is 0 Å². The van der Waals surface area contributed by atoms with Crippen molar-refractivity contribution in [1.29, 1.82) is 0 Å². The Balaban J connectivity index is 1.39. The first-order valence-electron chi connectivity index (χ1n) is 22.2. The van der Waals surface area contributed by atoms with Crippen molar-refractivity contribution in [2.24, 2.45) is 0 Å². The van der Waals surface area contributed by atoms with E-state index in [9.17, 15) is 0 Å². The summed E-state index contributed by atoms with van der Waals surface area (Å²) in [6.45, 7) is 29.6. The van der Waals surface area contributed by atoms with Crippen LogP contribution in [0.5, 0.6) is 0 Å². The molecule has 0 bridgehead atoms. The molecule has 0 amide bonds. The van der Waals surface area contributed by atoms with Crippen molar-refractivity contribution in [2.45, 2.75) is 78.6 Å². The summed E-state index contributed by atoms with van der Waals surface area (Å²) >= 11 is 0. The summed E-state index contributed by atoms with van der Waals surface area (Å²) in [5.41, 5.74) is 16.7. The van der Waals surface area contributed by atoms with E-state index in [1.807, 2.05) is 0 Å². The van der Waals surface area contributed by atoms with Crippen molar-refractivity contribution >= 4 is 110 Å². The molecule has 2 nitrogen and oxygen atoms in total. The van der Waals surface area contributed by atoms with Crippen molar-refractivity contribution < 1.29 is 0 Å². The van der Waals surface area contributed by atoms with Gasteiger partial charge in [-0.3, -0.25) is 0 Å². The molecule has 61 heavy (non-hydrogen) atoms. The van der Waals surface area contributed by atoms with Crippen LogP contribution in [0.1, 0.15) is 0 Å². The van der Waals surface area contributed by atoms with Crippen LogP contribution in [0.4, 0.5) is 34.1 Å². The molecule has 0 fully saturated rings. The summed E-state index contributed by atoms with van der Waals surface area (Å²) in [6.07, 6.45) is 0. The fourth-order valence-corrected chi connectivity index (χ4v) is 14.0. The highest BCUT2D eigenvalue weighted by Crippen LogP contribution is 2.46. The molecule has 0 N–H and O–H groups in total. The molecule has 2 heterocycles. The van der Waals surface area contributed by atoms with Crippen molar-refractivity contribution in [2.75, 3.05) is 9.80 Å². The highest BCUT2D eigenvalue weighted by atomic mass is 28.3. The van der Waals surface area contributed by atoms with Crippen molar-refractivity contribution in [3.63, 3.8) is 0 Å². The molecule has 9 rings (SSSR count). The normalized spacial score (nSPS) is 13.8. The average Bonchev–Trinajstić information content (AvgIpc) is 3.22. The maximum Gasteiger partial charge on any atom is 0.252 e. The van der Waals surface area contributed by atoms with Crippen LogP contribution in [0.15, 0.2) is 152 Å². The van der Waals surface area contributed by atoms with Crippen molar-refractivity contribution in [1.82, 2.24) is 0 Å². The second kappa shape index (κ2) is 14.9. The Bertz CT molecular complexity index is 2640. The molecule has 0 aromatic heterocycles. The van der Waals surface area contributed by atoms with Crippen molar-refractivity contribution in [3.8, 4) is 22.3 Å². The summed E-state index contributed by atoms with van der Waals surface area (Å²) in [7, 11) is -6.39. The van der Waals surface area contributed by atoms with Gasteiger partial charge in [0.05, 0.1) is 32.3 Å². The SMILES string of the molecule is C[Si](C)(C)c1ccc(N2c3cc([Si](C)(C)C)ccc3B3c4ccc([Si](C)(C)C)cc4N(c4ccc([Si](C)(C)C)cc4)c4cc(-c5cccc(-c6ccccc6)c5)cc2c43)cc1. The van der Waals surface area contributed by atoms with Gasteiger partial charge in [-0.25, -0.2) is 0 Å². The molecule has 0 radical (unpaired) electrons. The van der Waals surface area contributed by atoms with E-state index in [0.29, 0.717) is 0 Å². The smallest absolute Gasteiger partial charge is 0.252 e. The first-order chi connectivity index (χ1) is 28.8. The zero-order valence-electron chi connectivity index (χ0n) is 38.4. The zero-order valence-corrected chi connectivity index (χ0v) is 42.4. The maximum atomic E-state index is 2.63. The molecule has 0 saturated heterocycles. The van der Waals surface area contributed by atoms with Gasteiger partial charge in [-0.15, -0.1) is 0 Å². The van der Waals surface area contributed by atoms with E-state index in [4.69, 9.17) is 0 Å². The summed E-state index contributed by atoms with van der Waals surface area (Å²) < 4.78 is 0. The fraction of sp³-hybridized carbons (Fsp3) is 0.222. The Morgan fingerprint density at radius 1 is 0.311 bits per heavy atom. The minimum Gasteiger partial charge on any atom is -0.311 e. The molecule has 7 aromatic carbocycles. The minimum absolute atomic E-state index is 0.0843. The van der Waals surface area contributed by atoms with Gasteiger partial charge in [0.15, 0.2) is 0 Å². The molecule has 0 unspecified atom stereocenters. The Hall–Kier alpha value is -4.93. The second-order valence-electron chi connectivity index (χ2n) is 21.6. The van der Waals surface area contributed by atoms with E-state index in [1.165, 1.54) is 93.5 Å². The lowest BCUT2D eigenvalue weighted by atomic mass is 9.33. The van der Waals surface area contributed by atoms with E-state index in [0.717, 1.165) is 0 Å². The highest BCUT2D eigenvalue weighted by Gasteiger charge is 2.44. The fourth-order valence-electron chi connectivity index (χ4n) is 9.38. The van der Waals surface area contributed by atoms with Crippen LogP contribution < -0.4 is 46.9 Å². The predicted octanol–water partition coefficient (Wildman–Crippen LogP) is 11.3. The summed E-state index contributed by atoms with van der Waals surface area (Å²) in [6, 6.07) is 59.3. The molecule has 0 spiro atoms. The lowest BCUT2D eigenvalue weighted by molar-refractivity contribution is 1.26. The molecular weight excluding hydrogens is 800 g/mol. The topological polar surface area (TPSA) is 6.48 Å². The quantitative estimate of drug-likeness (QED) is 0.140. The van der Waals surface area contributed by atoms with Gasteiger partial charge in [-0.05, 0) is 93.2 Å². The second-order valence-corrected chi connectivity index (χ2v) is 41.9.